The van der Waals surface area contributed by atoms with E-state index in [2.05, 4.69) is 5.32 Å². The van der Waals surface area contributed by atoms with Gasteiger partial charge in [-0.3, -0.25) is 4.79 Å². The molecule has 1 unspecified atom stereocenters. The van der Waals surface area contributed by atoms with E-state index in [0.29, 0.717) is 22.6 Å². The van der Waals surface area contributed by atoms with Crippen LogP contribution in [0.5, 0.6) is 5.75 Å². The predicted octanol–water partition coefficient (Wildman–Crippen LogP) is 3.20. The normalized spacial score (nSPS) is 11.8. The van der Waals surface area contributed by atoms with Gasteiger partial charge in [0, 0.05) is 18.7 Å². The first-order valence-corrected chi connectivity index (χ1v) is 6.90. The fourth-order valence-electron chi connectivity index (χ4n) is 2.14. The largest absolute Gasteiger partial charge is 0.490 e. The monoisotopic (exact) mass is 303 g/mol. The van der Waals surface area contributed by atoms with Crippen molar-refractivity contribution in [2.24, 2.45) is 0 Å². The lowest BCUT2D eigenvalue weighted by atomic mass is 10.0. The number of hydrogen-bond acceptors (Lipinski definition) is 3. The number of benzene rings is 2. The van der Waals surface area contributed by atoms with Crippen LogP contribution in [0.15, 0.2) is 42.5 Å². The summed E-state index contributed by atoms with van der Waals surface area (Å²) in [7, 11) is 0. The molecule has 0 heterocycles. The van der Waals surface area contributed by atoms with Crippen LogP contribution in [0.3, 0.4) is 0 Å². The highest BCUT2D eigenvalue weighted by atomic mass is 19.1. The standard InChI is InChI=1S/C17H18FNO3/c1-11-8-13(18)6-7-16(11)17(21)10-22-15-5-3-4-14(9-15)19-12(2)20/h3-9,17,21H,10H2,1-2H3,(H,19,20). The van der Waals surface area contributed by atoms with E-state index in [1.54, 1.807) is 37.3 Å². The Labute approximate surface area is 128 Å². The molecule has 5 heteroatoms. The molecule has 4 nitrogen and oxygen atoms in total. The summed E-state index contributed by atoms with van der Waals surface area (Å²) in [5.41, 5.74) is 1.92. The lowest BCUT2D eigenvalue weighted by Crippen LogP contribution is -2.11. The van der Waals surface area contributed by atoms with Gasteiger partial charge in [-0.2, -0.15) is 0 Å². The van der Waals surface area contributed by atoms with Gasteiger partial charge in [-0.1, -0.05) is 12.1 Å². The highest BCUT2D eigenvalue weighted by Gasteiger charge is 2.12. The fourth-order valence-corrected chi connectivity index (χ4v) is 2.14. The Bertz CT molecular complexity index is 673. The molecule has 0 bridgehead atoms. The number of amides is 1. The molecule has 0 radical (unpaired) electrons. The van der Waals surface area contributed by atoms with E-state index in [1.165, 1.54) is 19.1 Å². The number of halogens is 1. The van der Waals surface area contributed by atoms with E-state index in [1.807, 2.05) is 0 Å². The number of carbonyl (C=O) groups excluding carboxylic acids is 1. The molecule has 2 N–H and O–H groups in total. The minimum atomic E-state index is -0.856. The van der Waals surface area contributed by atoms with Crippen molar-refractivity contribution in [3.05, 3.63) is 59.4 Å². The van der Waals surface area contributed by atoms with Gasteiger partial charge < -0.3 is 15.2 Å². The van der Waals surface area contributed by atoms with Crippen LogP contribution in [0.25, 0.3) is 0 Å². The van der Waals surface area contributed by atoms with Crippen LogP contribution in [0.4, 0.5) is 10.1 Å². The van der Waals surface area contributed by atoms with Crippen LogP contribution in [0, 0.1) is 12.7 Å². The average molecular weight is 303 g/mol. The topological polar surface area (TPSA) is 58.6 Å². The van der Waals surface area contributed by atoms with Crippen molar-refractivity contribution in [2.45, 2.75) is 20.0 Å². The highest BCUT2D eigenvalue weighted by Crippen LogP contribution is 2.22. The summed E-state index contributed by atoms with van der Waals surface area (Å²) >= 11 is 0. The predicted molar refractivity (Wildman–Crippen MR) is 82.3 cm³/mol. The molecule has 0 fully saturated rings. The van der Waals surface area contributed by atoms with Gasteiger partial charge in [0.2, 0.25) is 5.91 Å². The molecule has 2 aromatic carbocycles. The number of aryl methyl sites for hydroxylation is 1. The van der Waals surface area contributed by atoms with Gasteiger partial charge in [0.1, 0.15) is 24.3 Å². The minimum Gasteiger partial charge on any atom is -0.490 e. The van der Waals surface area contributed by atoms with Crippen LogP contribution >= 0.6 is 0 Å². The second-order valence-electron chi connectivity index (χ2n) is 5.04. The van der Waals surface area contributed by atoms with E-state index < -0.39 is 6.10 Å². The Balaban J connectivity index is 2.01. The fraction of sp³-hybridized carbons (Fsp3) is 0.235. The van der Waals surface area contributed by atoms with Crippen molar-refractivity contribution in [3.63, 3.8) is 0 Å². The average Bonchev–Trinajstić information content (AvgIpc) is 2.44. The molecule has 2 rings (SSSR count). The number of rotatable bonds is 5. The molecular formula is C17H18FNO3. The minimum absolute atomic E-state index is 0.0377. The summed E-state index contributed by atoms with van der Waals surface area (Å²) in [5.74, 6) is 0.0292. The van der Waals surface area contributed by atoms with Gasteiger partial charge in [0.25, 0.3) is 0 Å². The maximum absolute atomic E-state index is 13.1. The first kappa shape index (κ1) is 16.0. The van der Waals surface area contributed by atoms with Gasteiger partial charge in [0.05, 0.1) is 0 Å². The number of aliphatic hydroxyl groups is 1. The van der Waals surface area contributed by atoms with Crippen molar-refractivity contribution < 1.29 is 19.0 Å². The van der Waals surface area contributed by atoms with Gasteiger partial charge in [-0.25, -0.2) is 4.39 Å². The molecule has 0 saturated carbocycles. The molecule has 0 aliphatic heterocycles. The van der Waals surface area contributed by atoms with Gasteiger partial charge in [-0.15, -0.1) is 0 Å². The van der Waals surface area contributed by atoms with Crippen molar-refractivity contribution in [3.8, 4) is 5.75 Å². The summed E-state index contributed by atoms with van der Waals surface area (Å²) in [4.78, 5) is 11.0. The first-order valence-electron chi connectivity index (χ1n) is 6.90. The number of hydrogen-bond donors (Lipinski definition) is 2. The first-order chi connectivity index (χ1) is 10.5. The summed E-state index contributed by atoms with van der Waals surface area (Å²) in [6, 6.07) is 11.1. The zero-order chi connectivity index (χ0) is 16.1. The number of carbonyl (C=O) groups is 1. The zero-order valence-corrected chi connectivity index (χ0v) is 12.5. The van der Waals surface area contributed by atoms with Gasteiger partial charge in [0.15, 0.2) is 0 Å². The quantitative estimate of drug-likeness (QED) is 0.891. The zero-order valence-electron chi connectivity index (χ0n) is 12.5. The van der Waals surface area contributed by atoms with Crippen LogP contribution in [0.2, 0.25) is 0 Å². The third kappa shape index (κ3) is 4.30. The van der Waals surface area contributed by atoms with E-state index in [0.717, 1.165) is 0 Å². The Hall–Kier alpha value is -2.40. The molecule has 0 aliphatic carbocycles. The Morgan fingerprint density at radius 2 is 2.09 bits per heavy atom. The van der Waals surface area contributed by atoms with Gasteiger partial charge >= 0.3 is 0 Å². The Morgan fingerprint density at radius 1 is 1.32 bits per heavy atom. The van der Waals surface area contributed by atoms with E-state index >= 15 is 0 Å². The van der Waals surface area contributed by atoms with Gasteiger partial charge in [-0.05, 0) is 42.3 Å². The molecule has 2 aromatic rings. The number of anilines is 1. The summed E-state index contributed by atoms with van der Waals surface area (Å²) in [6.45, 7) is 3.20. The molecule has 0 aliphatic rings. The summed E-state index contributed by atoms with van der Waals surface area (Å²) in [6.07, 6.45) is -0.856. The van der Waals surface area contributed by atoms with Crippen molar-refractivity contribution in [1.29, 1.82) is 0 Å². The van der Waals surface area contributed by atoms with Crippen LogP contribution in [-0.2, 0) is 4.79 Å². The third-order valence-corrected chi connectivity index (χ3v) is 3.15. The van der Waals surface area contributed by atoms with Crippen molar-refractivity contribution in [2.75, 3.05) is 11.9 Å². The Morgan fingerprint density at radius 3 is 2.77 bits per heavy atom. The molecule has 0 aromatic heterocycles. The van der Waals surface area contributed by atoms with Crippen LogP contribution in [0.1, 0.15) is 24.2 Å². The maximum atomic E-state index is 13.1. The smallest absolute Gasteiger partial charge is 0.221 e. The lowest BCUT2D eigenvalue weighted by molar-refractivity contribution is -0.114. The van der Waals surface area contributed by atoms with Crippen LogP contribution in [-0.4, -0.2) is 17.6 Å². The molecule has 0 spiro atoms. The third-order valence-electron chi connectivity index (χ3n) is 3.15. The number of aliphatic hydroxyl groups excluding tert-OH is 1. The molecule has 116 valence electrons. The highest BCUT2D eigenvalue weighted by molar-refractivity contribution is 5.88. The molecule has 0 saturated heterocycles. The molecule has 1 atom stereocenters. The van der Waals surface area contributed by atoms with E-state index in [-0.39, 0.29) is 18.3 Å². The van der Waals surface area contributed by atoms with Crippen molar-refractivity contribution in [1.82, 2.24) is 0 Å². The molecule has 1 amide bonds. The van der Waals surface area contributed by atoms with Crippen molar-refractivity contribution >= 4 is 11.6 Å². The molecule has 22 heavy (non-hydrogen) atoms. The summed E-state index contributed by atoms with van der Waals surface area (Å²) < 4.78 is 18.6. The SMILES string of the molecule is CC(=O)Nc1cccc(OCC(O)c2ccc(F)cc2C)c1. The second kappa shape index (κ2) is 7.04. The molecular weight excluding hydrogens is 285 g/mol. The van der Waals surface area contributed by atoms with E-state index in [4.69, 9.17) is 4.74 Å². The van der Waals surface area contributed by atoms with Crippen LogP contribution < -0.4 is 10.1 Å². The van der Waals surface area contributed by atoms with E-state index in [9.17, 15) is 14.3 Å². The number of ether oxygens (including phenoxy) is 1. The lowest BCUT2D eigenvalue weighted by Gasteiger charge is -2.15. The second-order valence-corrected chi connectivity index (χ2v) is 5.04. The summed E-state index contributed by atoms with van der Waals surface area (Å²) in [5, 5.41) is 12.8. The Kier molecular flexibility index (Phi) is 5.12. The number of nitrogens with one attached hydrogen (secondary N) is 1. The maximum Gasteiger partial charge on any atom is 0.221 e.